The fraction of sp³-hybridized carbons (Fsp3) is 0.652. The van der Waals surface area contributed by atoms with Gasteiger partial charge in [-0.3, -0.25) is 9.59 Å². The van der Waals surface area contributed by atoms with Gasteiger partial charge in [0.15, 0.2) is 5.78 Å². The second-order valence-electron chi connectivity index (χ2n) is 9.04. The maximum Gasteiger partial charge on any atom is 0.303 e. The van der Waals surface area contributed by atoms with Gasteiger partial charge in [-0.25, -0.2) is 0 Å². The lowest BCUT2D eigenvalue weighted by Crippen LogP contribution is -2.44. The summed E-state index contributed by atoms with van der Waals surface area (Å²) in [5, 5.41) is 19.6. The first-order chi connectivity index (χ1) is 12.9. The lowest BCUT2D eigenvalue weighted by Gasteiger charge is -2.52. The fourth-order valence-corrected chi connectivity index (χ4v) is 7.05. The zero-order valence-corrected chi connectivity index (χ0v) is 16.3. The highest BCUT2D eigenvalue weighted by atomic mass is 16.4. The molecule has 0 bridgehead atoms. The largest absolute Gasteiger partial charge is 0.507 e. The summed E-state index contributed by atoms with van der Waals surface area (Å²) in [4.78, 5) is 23.3. The SMILES string of the molecule is CC[C@]12CC[C@@H]3c4cc(C(C)=O)c(O)cc4CC[C@H]3[C@@H]1CC[C@@H]2CC(=O)O. The van der Waals surface area contributed by atoms with E-state index in [2.05, 4.69) is 6.92 Å². The van der Waals surface area contributed by atoms with Crippen LogP contribution in [0.25, 0.3) is 0 Å². The molecule has 0 spiro atoms. The number of hydrogen-bond donors (Lipinski definition) is 2. The molecule has 27 heavy (non-hydrogen) atoms. The average Bonchev–Trinajstić information content (AvgIpc) is 2.99. The van der Waals surface area contributed by atoms with Gasteiger partial charge >= 0.3 is 5.97 Å². The van der Waals surface area contributed by atoms with Crippen molar-refractivity contribution < 1.29 is 19.8 Å². The quantitative estimate of drug-likeness (QED) is 0.737. The maximum absolute atomic E-state index is 11.9. The van der Waals surface area contributed by atoms with Gasteiger partial charge in [0.2, 0.25) is 0 Å². The Kier molecular flexibility index (Phi) is 4.56. The molecule has 0 aromatic heterocycles. The van der Waals surface area contributed by atoms with Crippen molar-refractivity contribution in [1.82, 2.24) is 0 Å². The van der Waals surface area contributed by atoms with Gasteiger partial charge in [-0.05, 0) is 104 Å². The third-order valence-corrected chi connectivity index (χ3v) is 8.19. The van der Waals surface area contributed by atoms with Crippen molar-refractivity contribution in [3.05, 3.63) is 28.8 Å². The number of Topliss-reactive ketones (excluding diaryl/α,β-unsaturated/α-hetero) is 1. The number of carboxylic acids is 1. The summed E-state index contributed by atoms with van der Waals surface area (Å²) in [6, 6.07) is 3.76. The zero-order valence-electron chi connectivity index (χ0n) is 16.3. The van der Waals surface area contributed by atoms with Crippen LogP contribution in [-0.4, -0.2) is 22.0 Å². The van der Waals surface area contributed by atoms with Crippen LogP contribution in [0.2, 0.25) is 0 Å². The van der Waals surface area contributed by atoms with E-state index in [1.165, 1.54) is 18.1 Å². The van der Waals surface area contributed by atoms with Crippen LogP contribution in [0.1, 0.15) is 86.2 Å². The van der Waals surface area contributed by atoms with Crippen molar-refractivity contribution in [2.45, 2.75) is 71.1 Å². The van der Waals surface area contributed by atoms with Gasteiger partial charge in [-0.2, -0.15) is 0 Å². The van der Waals surface area contributed by atoms with E-state index in [1.54, 1.807) is 0 Å². The predicted molar refractivity (Wildman–Crippen MR) is 103 cm³/mol. The molecule has 0 saturated heterocycles. The molecule has 0 amide bonds. The van der Waals surface area contributed by atoms with Crippen LogP contribution in [0.5, 0.6) is 5.75 Å². The smallest absolute Gasteiger partial charge is 0.303 e. The highest BCUT2D eigenvalue weighted by Crippen LogP contribution is 2.65. The minimum absolute atomic E-state index is 0.0847. The molecule has 4 rings (SSSR count). The molecule has 1 aromatic carbocycles. The summed E-state index contributed by atoms with van der Waals surface area (Å²) >= 11 is 0. The second-order valence-corrected chi connectivity index (χ2v) is 9.04. The van der Waals surface area contributed by atoms with E-state index in [0.29, 0.717) is 35.7 Å². The number of aliphatic carboxylic acids is 1. The zero-order chi connectivity index (χ0) is 19.3. The van der Waals surface area contributed by atoms with Crippen molar-refractivity contribution in [2.75, 3.05) is 0 Å². The van der Waals surface area contributed by atoms with Gasteiger partial charge in [-0.1, -0.05) is 6.92 Å². The summed E-state index contributed by atoms with van der Waals surface area (Å²) in [6.45, 7) is 3.76. The molecule has 2 fully saturated rings. The van der Waals surface area contributed by atoms with Crippen molar-refractivity contribution >= 4 is 11.8 Å². The molecule has 0 radical (unpaired) electrons. The van der Waals surface area contributed by atoms with E-state index in [0.717, 1.165) is 44.9 Å². The lowest BCUT2D eigenvalue weighted by atomic mass is 9.52. The number of ketones is 1. The van der Waals surface area contributed by atoms with Crippen LogP contribution in [0, 0.1) is 23.2 Å². The normalized spacial score (nSPS) is 34.4. The number of phenols is 1. The van der Waals surface area contributed by atoms with Crippen molar-refractivity contribution in [3.63, 3.8) is 0 Å². The Morgan fingerprint density at radius 3 is 2.63 bits per heavy atom. The van der Waals surface area contributed by atoms with Gasteiger partial charge in [0.25, 0.3) is 0 Å². The van der Waals surface area contributed by atoms with Crippen molar-refractivity contribution in [1.29, 1.82) is 0 Å². The Hall–Kier alpha value is -1.84. The molecule has 146 valence electrons. The Bertz CT molecular complexity index is 783. The summed E-state index contributed by atoms with van der Waals surface area (Å²) in [5.74, 6) is 1.29. The topological polar surface area (TPSA) is 74.6 Å². The Balaban J connectivity index is 1.69. The predicted octanol–water partition coefficient (Wildman–Crippen LogP) is 4.93. The number of carboxylic acid groups (broad SMARTS) is 1. The van der Waals surface area contributed by atoms with E-state index in [9.17, 15) is 19.8 Å². The van der Waals surface area contributed by atoms with E-state index in [4.69, 9.17) is 0 Å². The molecular formula is C23H30O4. The van der Waals surface area contributed by atoms with Crippen LogP contribution in [-0.2, 0) is 11.2 Å². The van der Waals surface area contributed by atoms with Gasteiger partial charge in [0.1, 0.15) is 5.75 Å². The van der Waals surface area contributed by atoms with E-state index in [-0.39, 0.29) is 16.9 Å². The first-order valence-electron chi connectivity index (χ1n) is 10.5. The molecule has 5 atom stereocenters. The minimum atomic E-state index is -0.661. The minimum Gasteiger partial charge on any atom is -0.507 e. The molecule has 4 heteroatoms. The number of phenolic OH excluding ortho intramolecular Hbond substituents is 1. The average molecular weight is 370 g/mol. The van der Waals surface area contributed by atoms with E-state index >= 15 is 0 Å². The maximum atomic E-state index is 11.9. The fourth-order valence-electron chi connectivity index (χ4n) is 7.05. The standard InChI is InChI=1S/C23H30O4/c1-3-23-9-8-16-17(20(23)7-5-15(23)11-22(26)27)6-4-14-10-21(25)18(13(2)24)12-19(14)16/h10,12,15-17,20,25H,3-9,11H2,1-2H3,(H,26,27)/t15-,16+,17-,20+,23-/m1/s1. The van der Waals surface area contributed by atoms with Gasteiger partial charge in [-0.15, -0.1) is 0 Å². The summed E-state index contributed by atoms with van der Waals surface area (Å²) in [6.07, 6.45) is 7.77. The van der Waals surface area contributed by atoms with Crippen LogP contribution in [0.15, 0.2) is 12.1 Å². The number of aryl methyl sites for hydroxylation is 1. The molecular weight excluding hydrogens is 340 g/mol. The van der Waals surface area contributed by atoms with Crippen LogP contribution >= 0.6 is 0 Å². The molecule has 2 N–H and O–H groups in total. The number of benzene rings is 1. The van der Waals surface area contributed by atoms with Crippen LogP contribution in [0.4, 0.5) is 0 Å². The van der Waals surface area contributed by atoms with Crippen molar-refractivity contribution in [2.24, 2.45) is 23.2 Å². The Morgan fingerprint density at radius 1 is 1.19 bits per heavy atom. The molecule has 2 saturated carbocycles. The Labute approximate surface area is 161 Å². The molecule has 4 nitrogen and oxygen atoms in total. The van der Waals surface area contributed by atoms with Gasteiger partial charge in [0.05, 0.1) is 5.56 Å². The van der Waals surface area contributed by atoms with Crippen molar-refractivity contribution in [3.8, 4) is 5.75 Å². The molecule has 3 aliphatic rings. The van der Waals surface area contributed by atoms with E-state index < -0.39 is 5.97 Å². The first kappa shape index (κ1) is 18.5. The third kappa shape index (κ3) is 2.79. The molecule has 3 aliphatic carbocycles. The second kappa shape index (κ2) is 6.65. The highest BCUT2D eigenvalue weighted by Gasteiger charge is 2.56. The molecule has 1 aromatic rings. The number of aromatic hydroxyl groups is 1. The molecule has 0 heterocycles. The number of carbonyl (C=O) groups is 2. The number of carbonyl (C=O) groups excluding carboxylic acids is 1. The number of fused-ring (bicyclic) bond motifs is 5. The van der Waals surface area contributed by atoms with Gasteiger partial charge < -0.3 is 10.2 Å². The van der Waals surface area contributed by atoms with Gasteiger partial charge in [0, 0.05) is 6.42 Å². The number of hydrogen-bond acceptors (Lipinski definition) is 3. The number of rotatable bonds is 4. The van der Waals surface area contributed by atoms with E-state index in [1.807, 2.05) is 12.1 Å². The summed E-state index contributed by atoms with van der Waals surface area (Å²) < 4.78 is 0. The summed E-state index contributed by atoms with van der Waals surface area (Å²) in [7, 11) is 0. The summed E-state index contributed by atoms with van der Waals surface area (Å²) in [5.41, 5.74) is 3.08. The molecule has 0 aliphatic heterocycles. The first-order valence-corrected chi connectivity index (χ1v) is 10.5. The van der Waals surface area contributed by atoms with Crippen LogP contribution in [0.3, 0.4) is 0 Å². The third-order valence-electron chi connectivity index (χ3n) is 8.19. The lowest BCUT2D eigenvalue weighted by molar-refractivity contribution is -0.139. The van der Waals surface area contributed by atoms with Crippen LogP contribution < -0.4 is 0 Å². The monoisotopic (exact) mass is 370 g/mol. The Morgan fingerprint density at radius 2 is 1.96 bits per heavy atom. The molecule has 0 unspecified atom stereocenters. The highest BCUT2D eigenvalue weighted by molar-refractivity contribution is 5.97.